The van der Waals surface area contributed by atoms with E-state index >= 15 is 0 Å². The molecule has 4 rings (SSSR count). The van der Waals surface area contributed by atoms with Crippen molar-refractivity contribution in [1.29, 1.82) is 0 Å². The van der Waals surface area contributed by atoms with Gasteiger partial charge in [0.15, 0.2) is 6.04 Å². The third kappa shape index (κ3) is 3.41. The predicted octanol–water partition coefficient (Wildman–Crippen LogP) is 1.62. The maximum atomic E-state index is 12.7. The van der Waals surface area contributed by atoms with E-state index in [9.17, 15) is 4.79 Å². The highest BCUT2D eigenvalue weighted by Crippen LogP contribution is 2.43. The van der Waals surface area contributed by atoms with Gasteiger partial charge in [-0.15, -0.1) is 5.10 Å². The van der Waals surface area contributed by atoms with Crippen molar-refractivity contribution in [3.8, 4) is 5.75 Å². The summed E-state index contributed by atoms with van der Waals surface area (Å²) in [4.78, 5) is 14.6. The second-order valence-corrected chi connectivity index (χ2v) is 6.86. The number of carbonyl (C=O) groups excluding carboxylic acids is 1. The number of likely N-dealkylation sites (tertiary alicyclic amines) is 1. The van der Waals surface area contributed by atoms with Crippen molar-refractivity contribution in [1.82, 2.24) is 25.1 Å². The number of aromatic nitrogens is 4. The molecule has 0 bridgehead atoms. The number of carbonyl (C=O) groups is 1. The van der Waals surface area contributed by atoms with Gasteiger partial charge in [-0.05, 0) is 53.3 Å². The number of benzene rings is 1. The predicted molar refractivity (Wildman–Crippen MR) is 92.5 cm³/mol. The number of ether oxygens (including phenoxy) is 2. The van der Waals surface area contributed by atoms with Crippen LogP contribution in [0, 0.1) is 5.92 Å². The molecule has 1 aliphatic carbocycles. The third-order valence-electron chi connectivity index (χ3n) is 5.02. The zero-order valence-electron chi connectivity index (χ0n) is 14.8. The van der Waals surface area contributed by atoms with Crippen LogP contribution in [-0.2, 0) is 9.53 Å². The quantitative estimate of drug-likeness (QED) is 0.501. The fraction of sp³-hybridized carbons (Fsp3) is 0.556. The molecule has 1 aromatic heterocycles. The largest absolute Gasteiger partial charge is 0.497 e. The van der Waals surface area contributed by atoms with Crippen molar-refractivity contribution in [3.05, 3.63) is 36.2 Å². The number of β-lactam (4-membered cyclic amide) rings is 1. The zero-order chi connectivity index (χ0) is 17.9. The molecule has 1 saturated heterocycles. The second kappa shape index (κ2) is 7.41. The highest BCUT2D eigenvalue weighted by molar-refractivity contribution is 5.88. The monoisotopic (exact) mass is 357 g/mol. The van der Waals surface area contributed by atoms with Gasteiger partial charge < -0.3 is 14.4 Å². The molecule has 2 aliphatic rings. The van der Waals surface area contributed by atoms with E-state index in [2.05, 4.69) is 15.5 Å². The van der Waals surface area contributed by atoms with Crippen molar-refractivity contribution >= 4 is 5.91 Å². The minimum Gasteiger partial charge on any atom is -0.497 e. The summed E-state index contributed by atoms with van der Waals surface area (Å²) in [5.41, 5.74) is 1.05. The Balaban J connectivity index is 1.43. The molecular formula is C18H23N5O3. The fourth-order valence-corrected chi connectivity index (χ4v) is 3.37. The van der Waals surface area contributed by atoms with Gasteiger partial charge in [-0.3, -0.25) is 4.79 Å². The number of methoxy groups -OCH3 is 1. The SMILES string of the molecule is COc1ccc([C@@H]2[C@@H](n3cnnn3)C(=O)N2CCCOCC2CC2)cc1. The number of amides is 1. The van der Waals surface area contributed by atoms with E-state index in [1.807, 2.05) is 29.2 Å². The van der Waals surface area contributed by atoms with Crippen LogP contribution in [0.1, 0.15) is 36.9 Å². The first kappa shape index (κ1) is 17.0. The smallest absolute Gasteiger partial charge is 0.250 e. The highest BCUT2D eigenvalue weighted by Gasteiger charge is 2.49. The molecule has 2 atom stereocenters. The van der Waals surface area contributed by atoms with Crippen molar-refractivity contribution in [3.63, 3.8) is 0 Å². The van der Waals surface area contributed by atoms with E-state index in [4.69, 9.17) is 9.47 Å². The molecule has 8 nitrogen and oxygen atoms in total. The summed E-state index contributed by atoms with van der Waals surface area (Å²) in [5.74, 6) is 1.59. The maximum absolute atomic E-state index is 12.7. The molecule has 1 aliphatic heterocycles. The second-order valence-electron chi connectivity index (χ2n) is 6.86. The van der Waals surface area contributed by atoms with E-state index in [-0.39, 0.29) is 11.9 Å². The number of hydrogen-bond donors (Lipinski definition) is 0. The molecule has 1 amide bonds. The Hall–Kier alpha value is -2.48. The lowest BCUT2D eigenvalue weighted by molar-refractivity contribution is -0.156. The lowest BCUT2D eigenvalue weighted by Crippen LogP contribution is -2.56. The molecule has 0 radical (unpaired) electrons. The molecule has 8 heteroatoms. The summed E-state index contributed by atoms with van der Waals surface area (Å²) in [7, 11) is 1.64. The first-order valence-electron chi connectivity index (χ1n) is 9.02. The number of hydrogen-bond acceptors (Lipinski definition) is 6. The van der Waals surface area contributed by atoms with Gasteiger partial charge >= 0.3 is 0 Å². The lowest BCUT2D eigenvalue weighted by atomic mass is 9.88. The molecular weight excluding hydrogens is 334 g/mol. The number of nitrogens with zero attached hydrogens (tertiary/aromatic N) is 5. The average molecular weight is 357 g/mol. The van der Waals surface area contributed by atoms with Crippen LogP contribution in [0.3, 0.4) is 0 Å². The van der Waals surface area contributed by atoms with Crippen molar-refractivity contribution in [2.45, 2.75) is 31.3 Å². The van der Waals surface area contributed by atoms with Crippen LogP contribution in [0.2, 0.25) is 0 Å². The minimum atomic E-state index is -0.397. The normalized spacial score (nSPS) is 22.3. The molecule has 1 saturated carbocycles. The van der Waals surface area contributed by atoms with Crippen LogP contribution in [0.25, 0.3) is 0 Å². The van der Waals surface area contributed by atoms with Gasteiger partial charge in [-0.1, -0.05) is 12.1 Å². The summed E-state index contributed by atoms with van der Waals surface area (Å²) >= 11 is 0. The summed E-state index contributed by atoms with van der Waals surface area (Å²) < 4.78 is 12.5. The first-order chi connectivity index (χ1) is 12.8. The van der Waals surface area contributed by atoms with Crippen LogP contribution in [0.15, 0.2) is 30.6 Å². The summed E-state index contributed by atoms with van der Waals surface area (Å²) in [6.07, 6.45) is 4.90. The van der Waals surface area contributed by atoms with E-state index in [0.29, 0.717) is 13.2 Å². The number of rotatable bonds is 9. The Labute approximate surface area is 152 Å². The Bertz CT molecular complexity index is 730. The highest BCUT2D eigenvalue weighted by atomic mass is 16.5. The summed E-state index contributed by atoms with van der Waals surface area (Å²) in [6, 6.07) is 7.32. The van der Waals surface area contributed by atoms with Crippen molar-refractivity contribution in [2.75, 3.05) is 26.9 Å². The Morgan fingerprint density at radius 3 is 2.65 bits per heavy atom. The van der Waals surface area contributed by atoms with E-state index in [0.717, 1.165) is 30.3 Å². The Morgan fingerprint density at radius 1 is 1.19 bits per heavy atom. The average Bonchev–Trinajstić information content (AvgIpc) is 3.35. The topological polar surface area (TPSA) is 82.4 Å². The third-order valence-corrected chi connectivity index (χ3v) is 5.02. The molecule has 0 N–H and O–H groups in total. The molecule has 2 fully saturated rings. The molecule has 138 valence electrons. The van der Waals surface area contributed by atoms with Gasteiger partial charge in [0.2, 0.25) is 0 Å². The van der Waals surface area contributed by atoms with Gasteiger partial charge in [-0.25, -0.2) is 4.68 Å². The van der Waals surface area contributed by atoms with Gasteiger partial charge in [0.25, 0.3) is 5.91 Å². The number of tetrazole rings is 1. The van der Waals surface area contributed by atoms with Crippen LogP contribution in [0.4, 0.5) is 0 Å². The van der Waals surface area contributed by atoms with Gasteiger partial charge in [-0.2, -0.15) is 0 Å². The van der Waals surface area contributed by atoms with Crippen LogP contribution in [-0.4, -0.2) is 57.9 Å². The molecule has 26 heavy (non-hydrogen) atoms. The Kier molecular flexibility index (Phi) is 4.83. The van der Waals surface area contributed by atoms with Crippen molar-refractivity contribution in [2.24, 2.45) is 5.92 Å². The molecule has 2 heterocycles. The standard InChI is InChI=1S/C18H23N5O3/c1-25-15-7-5-14(6-8-15)16-17(23-12-19-20-21-23)18(24)22(16)9-2-10-26-11-13-3-4-13/h5-8,12-13,16-17H,2-4,9-11H2,1H3/t16-,17-/m1/s1. The van der Waals surface area contributed by atoms with E-state index < -0.39 is 6.04 Å². The molecule has 2 aromatic rings. The van der Waals surface area contributed by atoms with Crippen LogP contribution in [0.5, 0.6) is 5.75 Å². The van der Waals surface area contributed by atoms with E-state index in [1.165, 1.54) is 23.9 Å². The van der Waals surface area contributed by atoms with Gasteiger partial charge in [0.1, 0.15) is 12.1 Å². The molecule has 0 unspecified atom stereocenters. The fourth-order valence-electron chi connectivity index (χ4n) is 3.37. The van der Waals surface area contributed by atoms with Crippen LogP contribution < -0.4 is 4.74 Å². The van der Waals surface area contributed by atoms with Crippen molar-refractivity contribution < 1.29 is 14.3 Å². The maximum Gasteiger partial charge on any atom is 0.250 e. The van der Waals surface area contributed by atoms with Gasteiger partial charge in [0.05, 0.1) is 13.2 Å². The lowest BCUT2D eigenvalue weighted by Gasteiger charge is -2.47. The zero-order valence-corrected chi connectivity index (χ0v) is 14.8. The molecule has 0 spiro atoms. The molecule has 1 aromatic carbocycles. The minimum absolute atomic E-state index is 0.0420. The Morgan fingerprint density at radius 2 is 2.00 bits per heavy atom. The first-order valence-corrected chi connectivity index (χ1v) is 9.02. The van der Waals surface area contributed by atoms with Gasteiger partial charge in [0, 0.05) is 19.8 Å². The summed E-state index contributed by atoms with van der Waals surface area (Å²) in [6.45, 7) is 2.20. The summed E-state index contributed by atoms with van der Waals surface area (Å²) in [5, 5.41) is 11.3. The van der Waals surface area contributed by atoms with E-state index in [1.54, 1.807) is 7.11 Å². The van der Waals surface area contributed by atoms with Crippen LogP contribution >= 0.6 is 0 Å².